The molecule has 2 heteroatoms. The van der Waals surface area contributed by atoms with Crippen LogP contribution in [0.2, 0.25) is 0 Å². The lowest BCUT2D eigenvalue weighted by atomic mass is 9.94. The average molecular weight is 157 g/mol. The van der Waals surface area contributed by atoms with Crippen LogP contribution in [-0.4, -0.2) is 19.3 Å². The van der Waals surface area contributed by atoms with Gasteiger partial charge in [0.2, 0.25) is 0 Å². The zero-order chi connectivity index (χ0) is 8.10. The summed E-state index contributed by atoms with van der Waals surface area (Å²) in [6, 6.07) is 0.359. The van der Waals surface area contributed by atoms with Crippen molar-refractivity contribution in [2.24, 2.45) is 11.7 Å². The molecule has 0 bridgehead atoms. The van der Waals surface area contributed by atoms with Gasteiger partial charge in [-0.2, -0.15) is 0 Å². The minimum Gasteiger partial charge on any atom is -0.381 e. The van der Waals surface area contributed by atoms with Gasteiger partial charge in [-0.3, -0.25) is 0 Å². The Labute approximate surface area is 69.1 Å². The van der Waals surface area contributed by atoms with E-state index in [0.29, 0.717) is 6.04 Å². The van der Waals surface area contributed by atoms with Crippen LogP contribution < -0.4 is 5.73 Å². The van der Waals surface area contributed by atoms with E-state index in [4.69, 9.17) is 10.5 Å². The second kappa shape index (κ2) is 4.73. The zero-order valence-corrected chi connectivity index (χ0v) is 7.38. The Bertz CT molecular complexity index is 95.7. The third kappa shape index (κ3) is 3.73. The van der Waals surface area contributed by atoms with Crippen LogP contribution in [0.1, 0.15) is 32.6 Å². The first kappa shape index (κ1) is 9.01. The number of nitrogens with two attached hydrogens (primary N) is 1. The minimum atomic E-state index is 0.359. The molecule has 2 atom stereocenters. The Balaban J connectivity index is 2.20. The lowest BCUT2D eigenvalue weighted by Crippen LogP contribution is -2.19. The summed E-state index contributed by atoms with van der Waals surface area (Å²) in [5, 5.41) is 0. The van der Waals surface area contributed by atoms with Gasteiger partial charge < -0.3 is 10.5 Å². The van der Waals surface area contributed by atoms with E-state index in [1.807, 2.05) is 0 Å². The van der Waals surface area contributed by atoms with E-state index in [0.717, 1.165) is 19.1 Å². The summed E-state index contributed by atoms with van der Waals surface area (Å²) < 4.78 is 5.37. The molecule has 0 radical (unpaired) electrons. The van der Waals surface area contributed by atoms with Crippen molar-refractivity contribution in [2.45, 2.75) is 38.6 Å². The second-order valence-corrected chi connectivity index (χ2v) is 3.62. The molecular weight excluding hydrogens is 138 g/mol. The van der Waals surface area contributed by atoms with Gasteiger partial charge in [0, 0.05) is 19.3 Å². The fraction of sp³-hybridized carbons (Fsp3) is 1.00. The van der Waals surface area contributed by atoms with Gasteiger partial charge in [0.25, 0.3) is 0 Å². The summed E-state index contributed by atoms with van der Waals surface area (Å²) in [7, 11) is 0. The maximum absolute atomic E-state index is 5.73. The number of ether oxygens (including phenoxy) is 1. The summed E-state index contributed by atoms with van der Waals surface area (Å²) >= 11 is 0. The van der Waals surface area contributed by atoms with Crippen LogP contribution in [0.4, 0.5) is 0 Å². The van der Waals surface area contributed by atoms with Crippen LogP contribution >= 0.6 is 0 Å². The molecule has 1 aliphatic heterocycles. The first-order valence-electron chi connectivity index (χ1n) is 4.62. The second-order valence-electron chi connectivity index (χ2n) is 3.62. The molecule has 0 aromatic heterocycles. The fourth-order valence-electron chi connectivity index (χ4n) is 1.73. The predicted molar refractivity (Wildman–Crippen MR) is 46.4 cm³/mol. The predicted octanol–water partition coefficient (Wildman–Crippen LogP) is 1.54. The van der Waals surface area contributed by atoms with E-state index in [1.54, 1.807) is 0 Å². The Morgan fingerprint density at radius 2 is 2.27 bits per heavy atom. The van der Waals surface area contributed by atoms with E-state index in [1.165, 1.54) is 25.7 Å². The number of hydrogen-bond donors (Lipinski definition) is 1. The molecule has 0 aliphatic carbocycles. The molecule has 11 heavy (non-hydrogen) atoms. The van der Waals surface area contributed by atoms with Gasteiger partial charge in [0.05, 0.1) is 0 Å². The molecule has 1 unspecified atom stereocenters. The van der Waals surface area contributed by atoms with Gasteiger partial charge in [0.1, 0.15) is 0 Å². The molecular formula is C9H19NO. The van der Waals surface area contributed by atoms with E-state index in [-0.39, 0.29) is 0 Å². The molecule has 0 amide bonds. The first-order valence-corrected chi connectivity index (χ1v) is 4.62. The van der Waals surface area contributed by atoms with Gasteiger partial charge >= 0.3 is 0 Å². The van der Waals surface area contributed by atoms with Crippen LogP contribution in [0.25, 0.3) is 0 Å². The van der Waals surface area contributed by atoms with Crippen molar-refractivity contribution in [1.82, 2.24) is 0 Å². The number of rotatable bonds is 2. The van der Waals surface area contributed by atoms with E-state index >= 15 is 0 Å². The van der Waals surface area contributed by atoms with Gasteiger partial charge in [-0.25, -0.2) is 0 Å². The summed E-state index contributed by atoms with van der Waals surface area (Å²) in [5.41, 5.74) is 5.73. The first-order chi connectivity index (χ1) is 5.29. The van der Waals surface area contributed by atoms with Gasteiger partial charge in [-0.1, -0.05) is 0 Å². The van der Waals surface area contributed by atoms with Gasteiger partial charge in [0.15, 0.2) is 0 Å². The summed E-state index contributed by atoms with van der Waals surface area (Å²) in [4.78, 5) is 0. The summed E-state index contributed by atoms with van der Waals surface area (Å²) in [6.45, 7) is 3.98. The SMILES string of the molecule is C[C@H](N)CC1CCCOCC1. The van der Waals surface area contributed by atoms with Crippen molar-refractivity contribution < 1.29 is 4.74 Å². The van der Waals surface area contributed by atoms with E-state index < -0.39 is 0 Å². The molecule has 66 valence electrons. The Morgan fingerprint density at radius 3 is 3.00 bits per heavy atom. The Hall–Kier alpha value is -0.0800. The van der Waals surface area contributed by atoms with Crippen molar-refractivity contribution in [1.29, 1.82) is 0 Å². The Kier molecular flexibility index (Phi) is 3.87. The molecule has 0 aromatic rings. The van der Waals surface area contributed by atoms with Crippen molar-refractivity contribution in [3.8, 4) is 0 Å². The zero-order valence-electron chi connectivity index (χ0n) is 7.38. The monoisotopic (exact) mass is 157 g/mol. The topological polar surface area (TPSA) is 35.2 Å². The molecule has 2 nitrogen and oxygen atoms in total. The van der Waals surface area contributed by atoms with Gasteiger partial charge in [-0.05, 0) is 38.5 Å². The molecule has 2 N–H and O–H groups in total. The molecule has 1 rings (SSSR count). The minimum absolute atomic E-state index is 0.359. The third-order valence-corrected chi connectivity index (χ3v) is 2.28. The largest absolute Gasteiger partial charge is 0.381 e. The maximum Gasteiger partial charge on any atom is 0.0468 e. The average Bonchev–Trinajstić information content (AvgIpc) is 2.14. The molecule has 0 spiro atoms. The van der Waals surface area contributed by atoms with Crippen molar-refractivity contribution >= 4 is 0 Å². The standard InChI is InChI=1S/C9H19NO/c1-8(10)7-9-3-2-5-11-6-4-9/h8-9H,2-7,10H2,1H3/t8-,9?/m0/s1. The maximum atomic E-state index is 5.73. The molecule has 1 heterocycles. The summed E-state index contributed by atoms with van der Waals surface area (Å²) in [5.74, 6) is 0.817. The quantitative estimate of drug-likeness (QED) is 0.660. The van der Waals surface area contributed by atoms with Crippen LogP contribution in [0, 0.1) is 5.92 Å². The van der Waals surface area contributed by atoms with Crippen molar-refractivity contribution in [3.63, 3.8) is 0 Å². The lowest BCUT2D eigenvalue weighted by molar-refractivity contribution is 0.141. The van der Waals surface area contributed by atoms with E-state index in [2.05, 4.69) is 6.92 Å². The normalized spacial score (nSPS) is 29.5. The molecule has 0 saturated carbocycles. The molecule has 1 aliphatic rings. The van der Waals surface area contributed by atoms with Crippen molar-refractivity contribution in [2.75, 3.05) is 13.2 Å². The van der Waals surface area contributed by atoms with Crippen LogP contribution in [0.3, 0.4) is 0 Å². The fourth-order valence-corrected chi connectivity index (χ4v) is 1.73. The number of hydrogen-bond acceptors (Lipinski definition) is 2. The van der Waals surface area contributed by atoms with E-state index in [9.17, 15) is 0 Å². The van der Waals surface area contributed by atoms with Crippen LogP contribution in [0.5, 0.6) is 0 Å². The highest BCUT2D eigenvalue weighted by atomic mass is 16.5. The van der Waals surface area contributed by atoms with Crippen LogP contribution in [-0.2, 0) is 4.74 Å². The highest BCUT2D eigenvalue weighted by Crippen LogP contribution is 2.19. The van der Waals surface area contributed by atoms with Gasteiger partial charge in [-0.15, -0.1) is 0 Å². The van der Waals surface area contributed by atoms with Crippen molar-refractivity contribution in [3.05, 3.63) is 0 Å². The molecule has 1 saturated heterocycles. The smallest absolute Gasteiger partial charge is 0.0468 e. The lowest BCUT2D eigenvalue weighted by Gasteiger charge is -2.14. The highest BCUT2D eigenvalue weighted by molar-refractivity contribution is 4.67. The Morgan fingerprint density at radius 1 is 1.45 bits per heavy atom. The molecule has 1 fully saturated rings. The van der Waals surface area contributed by atoms with Crippen LogP contribution in [0.15, 0.2) is 0 Å². The highest BCUT2D eigenvalue weighted by Gasteiger charge is 2.13. The summed E-state index contributed by atoms with van der Waals surface area (Å²) in [6.07, 6.45) is 4.91. The molecule has 0 aromatic carbocycles. The third-order valence-electron chi connectivity index (χ3n) is 2.28.